The van der Waals surface area contributed by atoms with Gasteiger partial charge < -0.3 is 9.88 Å². The molecule has 98 valence electrons. The summed E-state index contributed by atoms with van der Waals surface area (Å²) < 4.78 is 2.13. The van der Waals surface area contributed by atoms with Crippen molar-refractivity contribution in [2.45, 2.75) is 13.3 Å². The Balaban J connectivity index is 2.05. The Kier molecular flexibility index (Phi) is 3.30. The van der Waals surface area contributed by atoms with Crippen LogP contribution in [-0.4, -0.2) is 23.5 Å². The molecule has 19 heavy (non-hydrogen) atoms. The molecule has 0 unspecified atom stereocenters. The largest absolute Gasteiger partial charge is 0.372 e. The molecule has 0 fully saturated rings. The SMILES string of the molecule is Cc1cccn1-c1c(Cl)cccc1CC1=NCCN1. The fourth-order valence-corrected chi connectivity index (χ4v) is 2.72. The minimum absolute atomic E-state index is 0.774. The number of benzene rings is 1. The second-order valence-electron chi connectivity index (χ2n) is 4.70. The molecule has 0 radical (unpaired) electrons. The fraction of sp³-hybridized carbons (Fsp3) is 0.267. The van der Waals surface area contributed by atoms with Gasteiger partial charge in [-0.2, -0.15) is 0 Å². The average Bonchev–Trinajstić information content (AvgIpc) is 3.02. The van der Waals surface area contributed by atoms with Gasteiger partial charge in [-0.3, -0.25) is 4.99 Å². The van der Waals surface area contributed by atoms with Gasteiger partial charge in [-0.15, -0.1) is 0 Å². The van der Waals surface area contributed by atoms with Gasteiger partial charge in [-0.25, -0.2) is 0 Å². The third kappa shape index (κ3) is 2.38. The molecule has 1 aliphatic heterocycles. The van der Waals surface area contributed by atoms with Crippen molar-refractivity contribution in [3.63, 3.8) is 0 Å². The van der Waals surface area contributed by atoms with E-state index in [0.717, 1.165) is 36.1 Å². The minimum atomic E-state index is 0.774. The second kappa shape index (κ2) is 5.10. The van der Waals surface area contributed by atoms with Crippen LogP contribution in [0.5, 0.6) is 0 Å². The number of aryl methyl sites for hydroxylation is 1. The van der Waals surface area contributed by atoms with Crippen LogP contribution in [0.2, 0.25) is 5.02 Å². The normalized spacial score (nSPS) is 14.3. The molecular formula is C15H16ClN3. The number of para-hydroxylation sites is 1. The average molecular weight is 274 g/mol. The first kappa shape index (κ1) is 12.3. The summed E-state index contributed by atoms with van der Waals surface area (Å²) in [4.78, 5) is 4.46. The lowest BCUT2D eigenvalue weighted by Gasteiger charge is -2.14. The molecule has 2 heterocycles. The first-order valence-corrected chi connectivity index (χ1v) is 6.82. The highest BCUT2D eigenvalue weighted by Gasteiger charge is 2.13. The lowest BCUT2D eigenvalue weighted by atomic mass is 10.1. The zero-order valence-electron chi connectivity index (χ0n) is 10.9. The molecule has 4 heteroatoms. The van der Waals surface area contributed by atoms with Crippen LogP contribution >= 0.6 is 11.6 Å². The van der Waals surface area contributed by atoms with E-state index in [-0.39, 0.29) is 0 Å². The van der Waals surface area contributed by atoms with Gasteiger partial charge in [0.25, 0.3) is 0 Å². The van der Waals surface area contributed by atoms with Gasteiger partial charge in [-0.1, -0.05) is 23.7 Å². The summed E-state index contributed by atoms with van der Waals surface area (Å²) in [6.07, 6.45) is 2.84. The topological polar surface area (TPSA) is 29.3 Å². The number of halogens is 1. The first-order valence-electron chi connectivity index (χ1n) is 6.44. The molecule has 0 spiro atoms. The van der Waals surface area contributed by atoms with Gasteiger partial charge in [0.05, 0.1) is 17.3 Å². The third-order valence-electron chi connectivity index (χ3n) is 3.37. The van der Waals surface area contributed by atoms with Crippen molar-refractivity contribution >= 4 is 17.4 Å². The quantitative estimate of drug-likeness (QED) is 0.915. The highest BCUT2D eigenvalue weighted by molar-refractivity contribution is 6.32. The van der Waals surface area contributed by atoms with Crippen molar-refractivity contribution in [1.29, 1.82) is 0 Å². The Morgan fingerprint density at radius 3 is 2.89 bits per heavy atom. The van der Waals surface area contributed by atoms with Crippen molar-refractivity contribution in [2.75, 3.05) is 13.1 Å². The lowest BCUT2D eigenvalue weighted by Crippen LogP contribution is -2.21. The number of nitrogens with one attached hydrogen (secondary N) is 1. The first-order chi connectivity index (χ1) is 9.25. The third-order valence-corrected chi connectivity index (χ3v) is 3.67. The zero-order valence-corrected chi connectivity index (χ0v) is 11.6. The molecule has 0 aliphatic carbocycles. The van der Waals surface area contributed by atoms with E-state index in [9.17, 15) is 0 Å². The van der Waals surface area contributed by atoms with Crippen LogP contribution < -0.4 is 5.32 Å². The number of rotatable bonds is 3. The lowest BCUT2D eigenvalue weighted by molar-refractivity contribution is 0.949. The monoisotopic (exact) mass is 273 g/mol. The fourth-order valence-electron chi connectivity index (χ4n) is 2.44. The molecule has 1 aromatic carbocycles. The summed E-state index contributed by atoms with van der Waals surface area (Å²) in [6, 6.07) is 10.2. The smallest absolute Gasteiger partial charge is 0.101 e. The zero-order chi connectivity index (χ0) is 13.2. The molecule has 1 aromatic heterocycles. The maximum atomic E-state index is 6.40. The van der Waals surface area contributed by atoms with Crippen molar-refractivity contribution in [3.05, 3.63) is 52.8 Å². The molecule has 0 saturated heterocycles. The van der Waals surface area contributed by atoms with Gasteiger partial charge in [0.1, 0.15) is 5.84 Å². The summed E-state index contributed by atoms with van der Waals surface area (Å²) in [5.41, 5.74) is 3.43. The number of nitrogens with zero attached hydrogens (tertiary/aromatic N) is 2. The number of aliphatic imine (C=N–C) groups is 1. The molecule has 0 saturated carbocycles. The summed E-state index contributed by atoms with van der Waals surface area (Å²) in [6.45, 7) is 3.89. The van der Waals surface area contributed by atoms with Gasteiger partial charge in [0.15, 0.2) is 0 Å². The van der Waals surface area contributed by atoms with E-state index < -0.39 is 0 Å². The Bertz CT molecular complexity index is 628. The van der Waals surface area contributed by atoms with Crippen LogP contribution in [0, 0.1) is 6.92 Å². The van der Waals surface area contributed by atoms with E-state index >= 15 is 0 Å². The molecule has 3 rings (SSSR count). The second-order valence-corrected chi connectivity index (χ2v) is 5.11. The van der Waals surface area contributed by atoms with E-state index in [0.29, 0.717) is 0 Å². The number of hydrogen-bond acceptors (Lipinski definition) is 2. The van der Waals surface area contributed by atoms with E-state index in [2.05, 4.69) is 33.9 Å². The predicted octanol–water partition coefficient (Wildman–Crippen LogP) is 2.98. The molecule has 0 atom stereocenters. The van der Waals surface area contributed by atoms with Crippen LogP contribution in [0.4, 0.5) is 0 Å². The van der Waals surface area contributed by atoms with E-state index in [1.54, 1.807) is 0 Å². The summed E-state index contributed by atoms with van der Waals surface area (Å²) in [5, 5.41) is 4.08. The maximum absolute atomic E-state index is 6.40. The maximum Gasteiger partial charge on any atom is 0.101 e. The number of hydrogen-bond donors (Lipinski definition) is 1. The van der Waals surface area contributed by atoms with Crippen molar-refractivity contribution in [2.24, 2.45) is 4.99 Å². The van der Waals surface area contributed by atoms with Crippen molar-refractivity contribution < 1.29 is 0 Å². The van der Waals surface area contributed by atoms with Gasteiger partial charge in [-0.05, 0) is 30.7 Å². The highest BCUT2D eigenvalue weighted by atomic mass is 35.5. The predicted molar refractivity (Wildman–Crippen MR) is 79.5 cm³/mol. The summed E-state index contributed by atoms with van der Waals surface area (Å²) in [7, 11) is 0. The van der Waals surface area contributed by atoms with Gasteiger partial charge >= 0.3 is 0 Å². The van der Waals surface area contributed by atoms with Crippen LogP contribution in [0.15, 0.2) is 41.5 Å². The Morgan fingerprint density at radius 1 is 1.32 bits per heavy atom. The van der Waals surface area contributed by atoms with Gasteiger partial charge in [0.2, 0.25) is 0 Å². The number of aromatic nitrogens is 1. The molecule has 0 amide bonds. The molecule has 0 bridgehead atoms. The van der Waals surface area contributed by atoms with E-state index in [1.807, 2.05) is 24.4 Å². The van der Waals surface area contributed by atoms with E-state index in [4.69, 9.17) is 11.6 Å². The molecule has 3 nitrogen and oxygen atoms in total. The Morgan fingerprint density at radius 2 is 2.21 bits per heavy atom. The van der Waals surface area contributed by atoms with Crippen LogP contribution in [0.25, 0.3) is 5.69 Å². The standard InChI is InChI=1S/C15H16ClN3/c1-11-4-3-9-19(11)15-12(5-2-6-13(15)16)10-14-17-7-8-18-14/h2-6,9H,7-8,10H2,1H3,(H,17,18). The minimum Gasteiger partial charge on any atom is -0.372 e. The van der Waals surface area contributed by atoms with Crippen LogP contribution in [0.3, 0.4) is 0 Å². The molecular weight excluding hydrogens is 258 g/mol. The number of amidine groups is 1. The molecule has 1 N–H and O–H groups in total. The highest BCUT2D eigenvalue weighted by Crippen LogP contribution is 2.26. The van der Waals surface area contributed by atoms with Crippen molar-refractivity contribution in [3.8, 4) is 5.69 Å². The molecule has 1 aliphatic rings. The summed E-state index contributed by atoms with van der Waals surface area (Å²) >= 11 is 6.40. The van der Waals surface area contributed by atoms with E-state index in [1.165, 1.54) is 11.3 Å². The van der Waals surface area contributed by atoms with Gasteiger partial charge in [0, 0.05) is 24.9 Å². The van der Waals surface area contributed by atoms with Crippen LogP contribution in [0.1, 0.15) is 11.3 Å². The Labute approximate surface area is 117 Å². The molecule has 2 aromatic rings. The van der Waals surface area contributed by atoms with Crippen molar-refractivity contribution in [1.82, 2.24) is 9.88 Å². The Hall–Kier alpha value is -1.74. The van der Waals surface area contributed by atoms with Crippen LogP contribution in [-0.2, 0) is 6.42 Å². The summed E-state index contributed by atoms with van der Waals surface area (Å²) in [5.74, 6) is 1.05.